The molecule has 2 aromatic carbocycles. The van der Waals surface area contributed by atoms with Gasteiger partial charge in [-0.3, -0.25) is 4.79 Å². The molecular formula is C20H20N4O4S. The standard InChI is InChI=1S/C20H20N4O4S/c1-14(18-8-5-11-21-18)23-24-20(26)17-12-16(9-10-19(17)25)29(27,28)22-13-15-6-3-2-4-7-15/h2-12,21-22,25H,13H2,1H3,(H,24,26)/b23-14+. The van der Waals surface area contributed by atoms with Crippen molar-refractivity contribution in [1.82, 2.24) is 15.1 Å². The van der Waals surface area contributed by atoms with E-state index in [9.17, 15) is 18.3 Å². The first kappa shape index (κ1) is 20.3. The number of benzene rings is 2. The molecule has 0 saturated heterocycles. The maximum Gasteiger partial charge on any atom is 0.275 e. The van der Waals surface area contributed by atoms with Crippen LogP contribution in [-0.4, -0.2) is 30.1 Å². The third-order valence-electron chi connectivity index (χ3n) is 4.14. The summed E-state index contributed by atoms with van der Waals surface area (Å²) in [5.41, 5.74) is 4.16. The maximum atomic E-state index is 12.6. The number of nitrogens with one attached hydrogen (secondary N) is 3. The minimum atomic E-state index is -3.88. The monoisotopic (exact) mass is 412 g/mol. The molecule has 29 heavy (non-hydrogen) atoms. The number of phenols is 1. The van der Waals surface area contributed by atoms with Crippen LogP contribution >= 0.6 is 0 Å². The molecule has 0 spiro atoms. The van der Waals surface area contributed by atoms with Crippen LogP contribution < -0.4 is 10.1 Å². The van der Waals surface area contributed by atoms with E-state index in [1.807, 2.05) is 18.2 Å². The number of nitrogens with zero attached hydrogens (tertiary/aromatic N) is 1. The number of carbonyl (C=O) groups is 1. The molecular weight excluding hydrogens is 392 g/mol. The molecule has 0 aliphatic carbocycles. The molecule has 150 valence electrons. The van der Waals surface area contributed by atoms with Crippen LogP contribution in [0.5, 0.6) is 5.75 Å². The molecule has 0 aliphatic rings. The Bertz CT molecular complexity index is 1120. The largest absolute Gasteiger partial charge is 0.507 e. The van der Waals surface area contributed by atoms with E-state index in [0.29, 0.717) is 5.71 Å². The number of sulfonamides is 1. The SMILES string of the molecule is C/C(=N\NC(=O)c1cc(S(=O)(=O)NCc2ccccc2)ccc1O)c1ccc[nH]1. The first-order valence-electron chi connectivity index (χ1n) is 8.72. The van der Waals surface area contributed by atoms with Crippen molar-refractivity contribution >= 4 is 21.6 Å². The van der Waals surface area contributed by atoms with E-state index in [-0.39, 0.29) is 22.8 Å². The minimum Gasteiger partial charge on any atom is -0.507 e. The lowest BCUT2D eigenvalue weighted by molar-refractivity contribution is 0.0952. The molecule has 0 radical (unpaired) electrons. The fourth-order valence-electron chi connectivity index (χ4n) is 2.53. The van der Waals surface area contributed by atoms with E-state index < -0.39 is 15.9 Å². The van der Waals surface area contributed by atoms with Crippen LogP contribution in [0.15, 0.2) is 76.9 Å². The molecule has 0 atom stereocenters. The average molecular weight is 412 g/mol. The third kappa shape index (κ3) is 5.09. The second-order valence-corrected chi connectivity index (χ2v) is 7.98. The van der Waals surface area contributed by atoms with Crippen molar-refractivity contribution in [3.63, 3.8) is 0 Å². The van der Waals surface area contributed by atoms with Gasteiger partial charge in [-0.2, -0.15) is 5.10 Å². The second kappa shape index (κ2) is 8.72. The fraction of sp³-hybridized carbons (Fsp3) is 0.100. The van der Waals surface area contributed by atoms with Crippen LogP contribution in [0, 0.1) is 0 Å². The fourth-order valence-corrected chi connectivity index (χ4v) is 3.58. The van der Waals surface area contributed by atoms with Crippen LogP contribution in [0.3, 0.4) is 0 Å². The molecule has 1 amide bonds. The van der Waals surface area contributed by atoms with Crippen molar-refractivity contribution in [2.45, 2.75) is 18.4 Å². The summed E-state index contributed by atoms with van der Waals surface area (Å²) in [6.45, 7) is 1.80. The first-order chi connectivity index (χ1) is 13.9. The molecule has 3 aromatic rings. The van der Waals surface area contributed by atoms with Crippen molar-refractivity contribution in [3.05, 3.63) is 83.7 Å². The number of amides is 1. The van der Waals surface area contributed by atoms with Gasteiger partial charge in [-0.05, 0) is 42.8 Å². The summed E-state index contributed by atoms with van der Waals surface area (Å²) in [5, 5.41) is 14.0. The van der Waals surface area contributed by atoms with Gasteiger partial charge in [0.25, 0.3) is 5.91 Å². The lowest BCUT2D eigenvalue weighted by Gasteiger charge is -2.10. The van der Waals surface area contributed by atoms with E-state index in [2.05, 4.69) is 20.2 Å². The van der Waals surface area contributed by atoms with Crippen LogP contribution in [-0.2, 0) is 16.6 Å². The Morgan fingerprint density at radius 2 is 1.86 bits per heavy atom. The number of aromatic nitrogens is 1. The lowest BCUT2D eigenvalue weighted by Crippen LogP contribution is -2.24. The number of aromatic amines is 1. The Labute approximate surface area is 168 Å². The Hall–Kier alpha value is -3.43. The summed E-state index contributed by atoms with van der Waals surface area (Å²) in [5.74, 6) is -1.08. The quantitative estimate of drug-likeness (QED) is 0.351. The number of phenolic OH excluding ortho intramolecular Hbond substituents is 1. The third-order valence-corrected chi connectivity index (χ3v) is 5.54. The summed E-state index contributed by atoms with van der Waals surface area (Å²) >= 11 is 0. The van der Waals surface area contributed by atoms with Crippen molar-refractivity contribution < 1.29 is 18.3 Å². The zero-order valence-corrected chi connectivity index (χ0v) is 16.4. The maximum absolute atomic E-state index is 12.6. The first-order valence-corrected chi connectivity index (χ1v) is 10.2. The molecule has 3 rings (SSSR count). The highest BCUT2D eigenvalue weighted by molar-refractivity contribution is 7.89. The normalized spacial score (nSPS) is 12.0. The number of rotatable bonds is 7. The summed E-state index contributed by atoms with van der Waals surface area (Å²) in [6, 6.07) is 16.1. The lowest BCUT2D eigenvalue weighted by atomic mass is 10.2. The van der Waals surface area contributed by atoms with Gasteiger partial charge in [-0.25, -0.2) is 18.6 Å². The number of hydrogen-bond donors (Lipinski definition) is 4. The van der Waals surface area contributed by atoms with Gasteiger partial charge >= 0.3 is 0 Å². The highest BCUT2D eigenvalue weighted by Crippen LogP contribution is 2.21. The Balaban J connectivity index is 1.76. The van der Waals surface area contributed by atoms with Gasteiger partial charge < -0.3 is 10.1 Å². The van der Waals surface area contributed by atoms with Crippen molar-refractivity contribution in [1.29, 1.82) is 0 Å². The van der Waals surface area contributed by atoms with Gasteiger partial charge in [0.2, 0.25) is 10.0 Å². The van der Waals surface area contributed by atoms with Gasteiger partial charge in [0.05, 0.1) is 21.9 Å². The Morgan fingerprint density at radius 3 is 2.55 bits per heavy atom. The van der Waals surface area contributed by atoms with Crippen LogP contribution in [0.2, 0.25) is 0 Å². The minimum absolute atomic E-state index is 0.102. The molecule has 0 aliphatic heterocycles. The van der Waals surface area contributed by atoms with Crippen LogP contribution in [0.25, 0.3) is 0 Å². The van der Waals surface area contributed by atoms with Gasteiger partial charge in [0.15, 0.2) is 0 Å². The predicted octanol–water partition coefficient (Wildman–Crippen LogP) is 2.35. The second-order valence-electron chi connectivity index (χ2n) is 6.21. The summed E-state index contributed by atoms with van der Waals surface area (Å²) in [7, 11) is -3.88. The predicted molar refractivity (Wildman–Crippen MR) is 109 cm³/mol. The summed E-state index contributed by atoms with van der Waals surface area (Å²) in [6.07, 6.45) is 1.72. The van der Waals surface area contributed by atoms with Crippen molar-refractivity contribution in [2.24, 2.45) is 5.10 Å². The van der Waals surface area contributed by atoms with E-state index in [4.69, 9.17) is 0 Å². The van der Waals surface area contributed by atoms with E-state index >= 15 is 0 Å². The molecule has 0 fully saturated rings. The van der Waals surface area contributed by atoms with E-state index in [0.717, 1.165) is 23.4 Å². The molecule has 1 aromatic heterocycles. The molecule has 8 nitrogen and oxygen atoms in total. The van der Waals surface area contributed by atoms with Crippen LogP contribution in [0.1, 0.15) is 28.5 Å². The number of aromatic hydroxyl groups is 1. The van der Waals surface area contributed by atoms with Gasteiger partial charge in [-0.1, -0.05) is 30.3 Å². The number of H-pyrrole nitrogens is 1. The van der Waals surface area contributed by atoms with Crippen molar-refractivity contribution in [2.75, 3.05) is 0 Å². The molecule has 9 heteroatoms. The molecule has 4 N–H and O–H groups in total. The molecule has 1 heterocycles. The smallest absolute Gasteiger partial charge is 0.275 e. The highest BCUT2D eigenvalue weighted by Gasteiger charge is 2.19. The van der Waals surface area contributed by atoms with E-state index in [1.165, 1.54) is 6.07 Å². The topological polar surface area (TPSA) is 124 Å². The van der Waals surface area contributed by atoms with E-state index in [1.54, 1.807) is 37.4 Å². The number of carbonyl (C=O) groups excluding carboxylic acids is 1. The Morgan fingerprint density at radius 1 is 1.10 bits per heavy atom. The highest BCUT2D eigenvalue weighted by atomic mass is 32.2. The van der Waals surface area contributed by atoms with Gasteiger partial charge in [-0.15, -0.1) is 0 Å². The zero-order valence-electron chi connectivity index (χ0n) is 15.6. The zero-order chi connectivity index (χ0) is 20.9. The average Bonchev–Trinajstić information content (AvgIpc) is 3.26. The molecule has 0 saturated carbocycles. The molecule has 0 unspecified atom stereocenters. The van der Waals surface area contributed by atoms with Crippen LogP contribution in [0.4, 0.5) is 0 Å². The molecule has 0 bridgehead atoms. The van der Waals surface area contributed by atoms with Gasteiger partial charge in [0, 0.05) is 12.7 Å². The Kier molecular flexibility index (Phi) is 6.10. The summed E-state index contributed by atoms with van der Waals surface area (Å²) < 4.78 is 27.6. The van der Waals surface area contributed by atoms with Crippen molar-refractivity contribution in [3.8, 4) is 5.75 Å². The number of hydrogen-bond acceptors (Lipinski definition) is 5. The summed E-state index contributed by atoms with van der Waals surface area (Å²) in [4.78, 5) is 15.2. The van der Waals surface area contributed by atoms with Gasteiger partial charge in [0.1, 0.15) is 5.75 Å². The number of hydrazone groups is 1.